The van der Waals surface area contributed by atoms with Gasteiger partial charge in [0.05, 0.1) is 0 Å². The van der Waals surface area contributed by atoms with Crippen LogP contribution in [-0.2, 0) is 19.3 Å². The Hall–Kier alpha value is -2.59. The summed E-state index contributed by atoms with van der Waals surface area (Å²) in [6.07, 6.45) is 5.40. The molecule has 0 atom stereocenters. The third kappa shape index (κ3) is 10.6. The van der Waals surface area contributed by atoms with Crippen molar-refractivity contribution in [3.05, 3.63) is 111 Å². The number of hydrogen-bond donors (Lipinski definition) is 3. The van der Waals surface area contributed by atoms with Crippen molar-refractivity contribution < 1.29 is 18.7 Å². The average Bonchev–Trinajstić information content (AvgIpc) is 3.87. The number of aliphatic hydroxyl groups excluding tert-OH is 1. The van der Waals surface area contributed by atoms with E-state index in [9.17, 15) is 0 Å². The number of nitrogens with zero attached hydrogens (tertiary/aromatic N) is 3. The molecule has 0 amide bonds. The van der Waals surface area contributed by atoms with Crippen LogP contribution in [0.2, 0.25) is 0 Å². The molecule has 4 N–H and O–H groups in total. The third-order valence-corrected chi connectivity index (χ3v) is 12.6. The van der Waals surface area contributed by atoms with E-state index in [1.165, 1.54) is 16.7 Å². The fourth-order valence-electron chi connectivity index (χ4n) is 5.74. The SMILES string of the molecule is Cc1cc(-c2onc(Br)c2CCCN)ccc1Br.Cc1cc(-c2onc(Br)c2CCCO)ccc1Br.Cc1cc(-c2onc3c2CCCN3)ccc1Br. The zero-order valence-corrected chi connectivity index (χ0v) is 37.5. The molecular formula is C39H40Br5N5O4. The van der Waals surface area contributed by atoms with E-state index >= 15 is 0 Å². The van der Waals surface area contributed by atoms with Gasteiger partial charge in [-0.25, -0.2) is 0 Å². The van der Waals surface area contributed by atoms with Gasteiger partial charge in [-0.2, -0.15) is 0 Å². The zero-order valence-electron chi connectivity index (χ0n) is 29.5. The van der Waals surface area contributed by atoms with Gasteiger partial charge < -0.3 is 29.7 Å². The van der Waals surface area contributed by atoms with Gasteiger partial charge in [0.15, 0.2) is 32.3 Å². The molecule has 280 valence electrons. The third-order valence-electron chi connectivity index (χ3n) is 8.64. The van der Waals surface area contributed by atoms with Gasteiger partial charge >= 0.3 is 0 Å². The van der Waals surface area contributed by atoms with Crippen molar-refractivity contribution in [3.8, 4) is 34.0 Å². The number of hydrogen-bond acceptors (Lipinski definition) is 9. The zero-order chi connectivity index (χ0) is 38.1. The number of aliphatic hydroxyl groups is 1. The number of anilines is 1. The lowest BCUT2D eigenvalue weighted by Gasteiger charge is -2.11. The van der Waals surface area contributed by atoms with Crippen LogP contribution >= 0.6 is 79.6 Å². The fraction of sp³-hybridized carbons (Fsp3) is 0.308. The van der Waals surface area contributed by atoms with E-state index in [2.05, 4.69) is 145 Å². The van der Waals surface area contributed by atoms with Crippen LogP contribution in [0.4, 0.5) is 5.82 Å². The van der Waals surface area contributed by atoms with Crippen LogP contribution in [0.25, 0.3) is 34.0 Å². The maximum Gasteiger partial charge on any atom is 0.173 e. The maximum absolute atomic E-state index is 8.93. The Balaban J connectivity index is 0.000000153. The predicted molar refractivity (Wildman–Crippen MR) is 228 cm³/mol. The van der Waals surface area contributed by atoms with E-state index in [0.717, 1.165) is 113 Å². The van der Waals surface area contributed by atoms with Crippen LogP contribution in [0.15, 0.2) is 90.8 Å². The number of nitrogens with two attached hydrogens (primary N) is 1. The molecule has 3 aromatic heterocycles. The number of aryl methyl sites for hydroxylation is 3. The van der Waals surface area contributed by atoms with Crippen molar-refractivity contribution in [3.63, 3.8) is 0 Å². The number of benzene rings is 3. The maximum atomic E-state index is 8.93. The minimum atomic E-state index is 0.163. The Morgan fingerprint density at radius 2 is 1.11 bits per heavy atom. The molecule has 0 bridgehead atoms. The predicted octanol–water partition coefficient (Wildman–Crippen LogP) is 11.9. The van der Waals surface area contributed by atoms with Gasteiger partial charge in [-0.1, -0.05) is 63.3 Å². The van der Waals surface area contributed by atoms with E-state index in [0.29, 0.717) is 17.6 Å². The minimum absolute atomic E-state index is 0.163. The summed E-state index contributed by atoms with van der Waals surface area (Å²) in [4.78, 5) is 0. The van der Waals surface area contributed by atoms with Crippen LogP contribution in [0.3, 0.4) is 0 Å². The van der Waals surface area contributed by atoms with E-state index in [-0.39, 0.29) is 6.61 Å². The highest BCUT2D eigenvalue weighted by Gasteiger charge is 2.21. The molecule has 7 rings (SSSR count). The Morgan fingerprint density at radius 1 is 0.660 bits per heavy atom. The Labute approximate surface area is 351 Å². The Kier molecular flexibility index (Phi) is 15.6. The summed E-state index contributed by atoms with van der Waals surface area (Å²) >= 11 is 17.3. The molecule has 0 saturated heterocycles. The highest BCUT2D eigenvalue weighted by atomic mass is 79.9. The Bertz CT molecular complexity index is 2050. The molecule has 0 radical (unpaired) electrons. The Morgan fingerprint density at radius 3 is 1.57 bits per heavy atom. The quantitative estimate of drug-likeness (QED) is 0.129. The fourth-order valence-corrected chi connectivity index (χ4v) is 7.38. The monoisotopic (exact) mass is 1040 g/mol. The highest BCUT2D eigenvalue weighted by molar-refractivity contribution is 9.11. The second kappa shape index (κ2) is 19.8. The summed E-state index contributed by atoms with van der Waals surface area (Å²) < 4.78 is 21.0. The molecule has 14 heteroatoms. The molecule has 3 aromatic carbocycles. The standard InChI is InChI=1S/C13H14Br2N2O.C13H13Br2NO2.C13H13BrN2O/c1-8-7-9(4-5-11(8)14)12-10(3-2-6-16)13(15)17-18-12;1-8-7-9(4-5-11(8)14)12-10(3-2-6-17)13(15)16-18-12;1-8-7-9(4-5-11(8)14)12-10-3-2-6-15-13(10)16-17-12/h4-5,7H,2-3,6,16H2,1H3;4-5,7,17H,2-3,6H2,1H3;4-5,7H,2-3,6H2,1H3,(H,15,16). The molecule has 0 fully saturated rings. The lowest BCUT2D eigenvalue weighted by atomic mass is 10.0. The van der Waals surface area contributed by atoms with Crippen molar-refractivity contribution >= 4 is 85.5 Å². The first kappa shape index (κ1) is 41.6. The summed E-state index contributed by atoms with van der Waals surface area (Å²) in [6.45, 7) is 7.98. The van der Waals surface area contributed by atoms with E-state index in [4.69, 9.17) is 24.4 Å². The second-order valence-electron chi connectivity index (χ2n) is 12.5. The summed E-state index contributed by atoms with van der Waals surface area (Å²) in [7, 11) is 0. The van der Waals surface area contributed by atoms with E-state index < -0.39 is 0 Å². The van der Waals surface area contributed by atoms with Crippen LogP contribution in [-0.4, -0.2) is 40.3 Å². The van der Waals surface area contributed by atoms with Gasteiger partial charge in [0, 0.05) is 60.0 Å². The molecule has 6 aromatic rings. The number of rotatable bonds is 9. The molecule has 0 aliphatic carbocycles. The van der Waals surface area contributed by atoms with Gasteiger partial charge in [0.2, 0.25) is 0 Å². The van der Waals surface area contributed by atoms with Gasteiger partial charge in [0.25, 0.3) is 0 Å². The largest absolute Gasteiger partial charge is 0.396 e. The van der Waals surface area contributed by atoms with E-state index in [1.807, 2.05) is 31.2 Å². The normalized spacial score (nSPS) is 12.0. The van der Waals surface area contributed by atoms with Gasteiger partial charge in [0.1, 0.15) is 0 Å². The average molecular weight is 1040 g/mol. The molecule has 0 unspecified atom stereocenters. The second-order valence-corrected chi connectivity index (χ2v) is 16.6. The first-order valence-electron chi connectivity index (χ1n) is 17.1. The van der Waals surface area contributed by atoms with Gasteiger partial charge in [-0.3, -0.25) is 0 Å². The van der Waals surface area contributed by atoms with E-state index in [1.54, 1.807) is 0 Å². The summed E-state index contributed by atoms with van der Waals surface area (Å²) in [5, 5.41) is 24.2. The molecule has 4 heterocycles. The minimum Gasteiger partial charge on any atom is -0.396 e. The first-order chi connectivity index (χ1) is 25.5. The number of aromatic nitrogens is 3. The summed E-state index contributed by atoms with van der Waals surface area (Å²) in [5.74, 6) is 3.41. The van der Waals surface area contributed by atoms with Crippen molar-refractivity contribution in [2.75, 3.05) is 25.0 Å². The van der Waals surface area contributed by atoms with Crippen LogP contribution in [0.1, 0.15) is 52.6 Å². The van der Waals surface area contributed by atoms with Gasteiger partial charge in [-0.15, -0.1) is 0 Å². The lowest BCUT2D eigenvalue weighted by Crippen LogP contribution is -2.10. The lowest BCUT2D eigenvalue weighted by molar-refractivity contribution is 0.288. The summed E-state index contributed by atoms with van der Waals surface area (Å²) in [6, 6.07) is 18.4. The number of nitrogens with one attached hydrogen (secondary N) is 1. The molecule has 53 heavy (non-hydrogen) atoms. The molecule has 1 aliphatic rings. The molecular weight excluding hydrogens is 1000 g/mol. The van der Waals surface area contributed by atoms with Crippen LogP contribution < -0.4 is 11.1 Å². The molecule has 0 spiro atoms. The van der Waals surface area contributed by atoms with Crippen molar-refractivity contribution in [1.82, 2.24) is 15.5 Å². The smallest absolute Gasteiger partial charge is 0.173 e. The first-order valence-corrected chi connectivity index (χ1v) is 21.1. The van der Waals surface area contributed by atoms with Crippen molar-refractivity contribution in [2.24, 2.45) is 5.73 Å². The van der Waals surface area contributed by atoms with Crippen LogP contribution in [0.5, 0.6) is 0 Å². The van der Waals surface area contributed by atoms with Crippen LogP contribution in [0, 0.1) is 20.8 Å². The molecule has 0 saturated carbocycles. The molecule has 9 nitrogen and oxygen atoms in total. The van der Waals surface area contributed by atoms with Gasteiger partial charge in [-0.05, 0) is 169 Å². The number of fused-ring (bicyclic) bond motifs is 1. The van der Waals surface area contributed by atoms with Crippen molar-refractivity contribution in [2.45, 2.75) is 59.3 Å². The number of halogens is 5. The molecule has 1 aliphatic heterocycles. The summed E-state index contributed by atoms with van der Waals surface area (Å²) in [5.41, 5.74) is 15.5. The topological polar surface area (TPSA) is 136 Å². The van der Waals surface area contributed by atoms with Crippen molar-refractivity contribution in [1.29, 1.82) is 0 Å². The highest BCUT2D eigenvalue weighted by Crippen LogP contribution is 2.35.